The molecule has 0 aliphatic carbocycles. The van der Waals surface area contributed by atoms with Gasteiger partial charge < -0.3 is 5.32 Å². The molecule has 0 aliphatic heterocycles. The van der Waals surface area contributed by atoms with E-state index in [0.717, 1.165) is 6.20 Å². The number of hydrogen-bond donors (Lipinski definition) is 1. The first kappa shape index (κ1) is 9.42. The Bertz CT molecular complexity index is 156. The van der Waals surface area contributed by atoms with Gasteiger partial charge >= 0.3 is 0 Å². The maximum absolute atomic E-state index is 9.94. The topological polar surface area (TPSA) is 55.2 Å². The van der Waals surface area contributed by atoms with Crippen molar-refractivity contribution < 1.29 is 4.92 Å². The third-order valence-electron chi connectivity index (χ3n) is 0.962. The highest BCUT2D eigenvalue weighted by atomic mass is 79.9. The zero-order valence-corrected chi connectivity index (χ0v) is 7.38. The lowest BCUT2D eigenvalue weighted by atomic mass is 10.4. The van der Waals surface area contributed by atoms with Crippen molar-refractivity contribution in [2.24, 2.45) is 0 Å². The van der Waals surface area contributed by atoms with Crippen LogP contribution >= 0.6 is 15.9 Å². The van der Waals surface area contributed by atoms with Gasteiger partial charge in [-0.1, -0.05) is 15.9 Å². The van der Waals surface area contributed by atoms with E-state index in [1.54, 1.807) is 7.05 Å². The van der Waals surface area contributed by atoms with E-state index in [-0.39, 0.29) is 4.83 Å². The minimum Gasteiger partial charge on any atom is -0.386 e. The molecule has 0 aromatic heterocycles. The van der Waals surface area contributed by atoms with Crippen molar-refractivity contribution in [1.29, 1.82) is 0 Å². The highest BCUT2D eigenvalue weighted by molar-refractivity contribution is 9.09. The molecule has 0 heterocycles. The largest absolute Gasteiger partial charge is 0.386 e. The predicted octanol–water partition coefficient (Wildman–Crippen LogP) is 1.11. The molecule has 0 fully saturated rings. The fraction of sp³-hybridized carbons (Fsp3) is 0.600. The number of allylic oxidation sites excluding steroid dienone is 1. The minimum atomic E-state index is -0.483. The molecule has 0 bridgehead atoms. The molecule has 0 rings (SSSR count). The summed E-state index contributed by atoms with van der Waals surface area (Å²) in [5.74, 6) is 0. The summed E-state index contributed by atoms with van der Waals surface area (Å²) in [4.78, 5) is 9.45. The summed E-state index contributed by atoms with van der Waals surface area (Å²) < 4.78 is 0. The number of rotatable bonds is 3. The van der Waals surface area contributed by atoms with E-state index in [4.69, 9.17) is 0 Å². The van der Waals surface area contributed by atoms with Crippen LogP contribution in [-0.4, -0.2) is 16.8 Å². The standard InChI is InChI=1S/C5H9BrN2O2/c1-4(6)5(7-2)3-8(9)10/h3-4,7H,1-2H3. The number of hydrogen-bond acceptors (Lipinski definition) is 3. The van der Waals surface area contributed by atoms with Gasteiger partial charge in [0.1, 0.15) is 0 Å². The molecule has 0 saturated carbocycles. The molecule has 0 radical (unpaired) electrons. The molecule has 1 unspecified atom stereocenters. The number of nitrogens with zero attached hydrogens (tertiary/aromatic N) is 1. The molecule has 5 heteroatoms. The summed E-state index contributed by atoms with van der Waals surface area (Å²) in [6.45, 7) is 1.81. The van der Waals surface area contributed by atoms with Crippen LogP contribution in [0, 0.1) is 10.1 Å². The molecule has 0 aromatic carbocycles. The molecule has 0 amide bonds. The zero-order valence-electron chi connectivity index (χ0n) is 5.80. The molecule has 58 valence electrons. The van der Waals surface area contributed by atoms with Gasteiger partial charge in [-0.15, -0.1) is 0 Å². The molecular weight excluding hydrogens is 200 g/mol. The summed E-state index contributed by atoms with van der Waals surface area (Å²) in [5.41, 5.74) is 0.560. The Kier molecular flexibility index (Phi) is 4.02. The van der Waals surface area contributed by atoms with Gasteiger partial charge in [0.05, 0.1) is 15.4 Å². The summed E-state index contributed by atoms with van der Waals surface area (Å²) in [6.07, 6.45) is 0.944. The van der Waals surface area contributed by atoms with Gasteiger partial charge in [0.2, 0.25) is 0 Å². The van der Waals surface area contributed by atoms with E-state index in [9.17, 15) is 10.1 Å². The molecule has 1 N–H and O–H groups in total. The Morgan fingerprint density at radius 3 is 2.50 bits per heavy atom. The molecule has 0 saturated heterocycles. The normalized spacial score (nSPS) is 14.5. The van der Waals surface area contributed by atoms with Gasteiger partial charge in [-0.3, -0.25) is 10.1 Å². The van der Waals surface area contributed by atoms with Crippen LogP contribution in [0.25, 0.3) is 0 Å². The number of alkyl halides is 1. The van der Waals surface area contributed by atoms with Crippen LogP contribution < -0.4 is 5.32 Å². The van der Waals surface area contributed by atoms with Crippen molar-refractivity contribution in [3.8, 4) is 0 Å². The van der Waals surface area contributed by atoms with E-state index in [1.807, 2.05) is 6.92 Å². The van der Waals surface area contributed by atoms with Gasteiger partial charge in [0, 0.05) is 7.05 Å². The Labute approximate surface area is 67.6 Å². The van der Waals surface area contributed by atoms with Crippen LogP contribution in [0.3, 0.4) is 0 Å². The lowest BCUT2D eigenvalue weighted by Gasteiger charge is -2.03. The first-order valence-corrected chi connectivity index (χ1v) is 3.66. The van der Waals surface area contributed by atoms with Crippen molar-refractivity contribution >= 4 is 15.9 Å². The van der Waals surface area contributed by atoms with Crippen LogP contribution in [0.2, 0.25) is 0 Å². The maximum Gasteiger partial charge on any atom is 0.254 e. The Balaban J connectivity index is 4.18. The number of nitro groups is 1. The highest BCUT2D eigenvalue weighted by Crippen LogP contribution is 2.06. The van der Waals surface area contributed by atoms with Crippen LogP contribution in [0.15, 0.2) is 11.9 Å². The third kappa shape index (κ3) is 3.45. The molecule has 0 spiro atoms. The second-order valence-corrected chi connectivity index (χ2v) is 3.11. The number of nitrogens with one attached hydrogen (secondary N) is 1. The zero-order chi connectivity index (χ0) is 8.15. The Hall–Kier alpha value is -0.580. The molecule has 10 heavy (non-hydrogen) atoms. The third-order valence-corrected chi connectivity index (χ3v) is 1.45. The summed E-state index contributed by atoms with van der Waals surface area (Å²) in [7, 11) is 1.65. The van der Waals surface area contributed by atoms with Crippen molar-refractivity contribution in [2.45, 2.75) is 11.8 Å². The lowest BCUT2D eigenvalue weighted by molar-refractivity contribution is -0.403. The maximum atomic E-state index is 9.94. The van der Waals surface area contributed by atoms with Crippen LogP contribution in [0.5, 0.6) is 0 Å². The first-order valence-electron chi connectivity index (χ1n) is 2.75. The first-order chi connectivity index (χ1) is 4.57. The van der Waals surface area contributed by atoms with E-state index in [1.165, 1.54) is 0 Å². The van der Waals surface area contributed by atoms with Gasteiger partial charge in [0.15, 0.2) is 0 Å². The van der Waals surface area contributed by atoms with E-state index >= 15 is 0 Å². The van der Waals surface area contributed by atoms with E-state index in [0.29, 0.717) is 5.70 Å². The Morgan fingerprint density at radius 2 is 2.40 bits per heavy atom. The van der Waals surface area contributed by atoms with Gasteiger partial charge in [-0.25, -0.2) is 0 Å². The molecule has 4 nitrogen and oxygen atoms in total. The van der Waals surface area contributed by atoms with E-state index in [2.05, 4.69) is 21.2 Å². The van der Waals surface area contributed by atoms with Gasteiger partial charge in [-0.05, 0) is 6.92 Å². The molecular formula is C5H9BrN2O2. The van der Waals surface area contributed by atoms with Gasteiger partial charge in [0.25, 0.3) is 6.20 Å². The van der Waals surface area contributed by atoms with Crippen molar-refractivity contribution in [1.82, 2.24) is 5.32 Å². The van der Waals surface area contributed by atoms with Gasteiger partial charge in [-0.2, -0.15) is 0 Å². The van der Waals surface area contributed by atoms with Crippen LogP contribution in [0.4, 0.5) is 0 Å². The van der Waals surface area contributed by atoms with Crippen LogP contribution in [-0.2, 0) is 0 Å². The second kappa shape index (κ2) is 4.27. The molecule has 0 aliphatic rings. The fourth-order valence-corrected chi connectivity index (χ4v) is 0.827. The monoisotopic (exact) mass is 208 g/mol. The minimum absolute atomic E-state index is 0.0112. The van der Waals surface area contributed by atoms with Crippen molar-refractivity contribution in [3.05, 3.63) is 22.0 Å². The van der Waals surface area contributed by atoms with E-state index < -0.39 is 4.92 Å². The summed E-state index contributed by atoms with van der Waals surface area (Å²) in [6, 6.07) is 0. The second-order valence-electron chi connectivity index (χ2n) is 1.74. The van der Waals surface area contributed by atoms with Crippen LogP contribution in [0.1, 0.15) is 6.92 Å². The number of halogens is 1. The average Bonchev–Trinajstić information content (AvgIpc) is 1.81. The van der Waals surface area contributed by atoms with Crippen molar-refractivity contribution in [2.75, 3.05) is 7.05 Å². The molecule has 1 atom stereocenters. The summed E-state index contributed by atoms with van der Waals surface area (Å²) in [5, 5.41) is 12.6. The SMILES string of the molecule is CNC(=C[N+](=O)[O-])C(C)Br. The highest BCUT2D eigenvalue weighted by Gasteiger charge is 2.05. The lowest BCUT2D eigenvalue weighted by Crippen LogP contribution is -2.14. The average molecular weight is 209 g/mol. The summed E-state index contributed by atoms with van der Waals surface area (Å²) >= 11 is 3.19. The Morgan fingerprint density at radius 1 is 1.90 bits per heavy atom. The fourth-order valence-electron chi connectivity index (χ4n) is 0.480. The quantitative estimate of drug-likeness (QED) is 0.430. The smallest absolute Gasteiger partial charge is 0.254 e. The van der Waals surface area contributed by atoms with Crippen molar-refractivity contribution in [3.63, 3.8) is 0 Å². The predicted molar refractivity (Wildman–Crippen MR) is 42.5 cm³/mol. The molecule has 0 aromatic rings.